The van der Waals surface area contributed by atoms with Crippen LogP contribution in [0.15, 0.2) is 36.8 Å². The highest BCUT2D eigenvalue weighted by molar-refractivity contribution is 5.81. The minimum atomic E-state index is -0.475. The summed E-state index contributed by atoms with van der Waals surface area (Å²) in [7, 11) is 0. The summed E-state index contributed by atoms with van der Waals surface area (Å²) in [6, 6.07) is 6.67. The van der Waals surface area contributed by atoms with Crippen molar-refractivity contribution in [2.75, 3.05) is 26.2 Å². The largest absolute Gasteiger partial charge is 0.444 e. The van der Waals surface area contributed by atoms with E-state index in [9.17, 15) is 4.79 Å². The van der Waals surface area contributed by atoms with E-state index in [1.54, 1.807) is 0 Å². The molecule has 8 heteroatoms. The fraction of sp³-hybridized carbons (Fsp3) is 0.538. The van der Waals surface area contributed by atoms with Gasteiger partial charge >= 0.3 is 6.09 Å². The summed E-state index contributed by atoms with van der Waals surface area (Å²) in [5, 5.41) is 8.04. The number of benzene rings is 1. The third-order valence-corrected chi connectivity index (χ3v) is 6.77. The molecule has 34 heavy (non-hydrogen) atoms. The Morgan fingerprint density at radius 3 is 2.59 bits per heavy atom. The molecule has 2 fully saturated rings. The summed E-state index contributed by atoms with van der Waals surface area (Å²) in [6.45, 7) is 9.15. The van der Waals surface area contributed by atoms with Gasteiger partial charge in [-0.3, -0.25) is 9.67 Å². The molecule has 0 unspecified atom stereocenters. The Kier molecular flexibility index (Phi) is 6.25. The van der Waals surface area contributed by atoms with Gasteiger partial charge in [0.2, 0.25) is 0 Å². The van der Waals surface area contributed by atoms with E-state index >= 15 is 0 Å². The fourth-order valence-corrected chi connectivity index (χ4v) is 4.96. The number of fused-ring (bicyclic) bond motifs is 1. The maximum absolute atomic E-state index is 12.5. The summed E-state index contributed by atoms with van der Waals surface area (Å²) >= 11 is 0. The van der Waals surface area contributed by atoms with Crippen LogP contribution < -0.4 is 5.32 Å². The molecule has 0 aliphatic carbocycles. The molecule has 1 aromatic carbocycles. The van der Waals surface area contributed by atoms with Crippen LogP contribution in [-0.4, -0.2) is 62.5 Å². The Balaban J connectivity index is 1.35. The molecule has 180 valence electrons. The van der Waals surface area contributed by atoms with Gasteiger partial charge in [-0.05, 0) is 77.1 Å². The average molecular weight is 463 g/mol. The average Bonchev–Trinajstić information content (AvgIpc) is 3.33. The van der Waals surface area contributed by atoms with Crippen molar-refractivity contribution < 1.29 is 9.53 Å². The van der Waals surface area contributed by atoms with E-state index in [0.29, 0.717) is 25.0 Å². The zero-order valence-electron chi connectivity index (χ0n) is 20.3. The van der Waals surface area contributed by atoms with E-state index in [4.69, 9.17) is 14.7 Å². The number of hydrogen-bond acceptors (Lipinski definition) is 6. The van der Waals surface area contributed by atoms with Crippen LogP contribution in [0.4, 0.5) is 4.79 Å². The molecule has 2 aliphatic rings. The number of amides is 1. The van der Waals surface area contributed by atoms with Crippen LogP contribution in [0.5, 0.6) is 0 Å². The molecule has 5 rings (SSSR count). The minimum absolute atomic E-state index is 0.225. The number of ether oxygens (including phenoxy) is 1. The van der Waals surface area contributed by atoms with Gasteiger partial charge < -0.3 is 15.0 Å². The molecule has 3 aromatic rings. The van der Waals surface area contributed by atoms with Crippen LogP contribution in [0.3, 0.4) is 0 Å². The molecule has 0 atom stereocenters. The Hall–Kier alpha value is -3.00. The highest BCUT2D eigenvalue weighted by Gasteiger charge is 2.28. The van der Waals surface area contributed by atoms with Gasteiger partial charge in [0.25, 0.3) is 0 Å². The lowest BCUT2D eigenvalue weighted by Crippen LogP contribution is -2.41. The van der Waals surface area contributed by atoms with Gasteiger partial charge in [-0.1, -0.05) is 12.1 Å². The first kappa shape index (κ1) is 22.8. The quantitative estimate of drug-likeness (QED) is 0.615. The number of carbonyl (C=O) groups is 1. The molecule has 8 nitrogen and oxygen atoms in total. The minimum Gasteiger partial charge on any atom is -0.444 e. The number of para-hydroxylation sites is 1. The summed E-state index contributed by atoms with van der Waals surface area (Å²) in [4.78, 5) is 24.0. The van der Waals surface area contributed by atoms with Gasteiger partial charge in [-0.25, -0.2) is 9.78 Å². The lowest BCUT2D eigenvalue weighted by molar-refractivity contribution is 0.0205. The molecule has 1 N–H and O–H groups in total. The second-order valence-electron chi connectivity index (χ2n) is 10.4. The van der Waals surface area contributed by atoms with Gasteiger partial charge in [0.15, 0.2) is 0 Å². The zero-order valence-corrected chi connectivity index (χ0v) is 20.3. The van der Waals surface area contributed by atoms with Gasteiger partial charge in [0.1, 0.15) is 5.60 Å². The van der Waals surface area contributed by atoms with Crippen molar-refractivity contribution >= 4 is 17.1 Å². The molecule has 1 amide bonds. The lowest BCUT2D eigenvalue weighted by atomic mass is 9.88. The predicted octanol–water partition coefficient (Wildman–Crippen LogP) is 4.53. The maximum atomic E-state index is 12.5. The predicted molar refractivity (Wildman–Crippen MR) is 132 cm³/mol. The Morgan fingerprint density at radius 2 is 1.85 bits per heavy atom. The topological polar surface area (TPSA) is 85.2 Å². The molecule has 0 radical (unpaired) electrons. The van der Waals surface area contributed by atoms with E-state index < -0.39 is 5.60 Å². The number of likely N-dealkylation sites (tertiary alicyclic amines) is 1. The van der Waals surface area contributed by atoms with Gasteiger partial charge in [-0.2, -0.15) is 5.10 Å². The maximum Gasteiger partial charge on any atom is 0.410 e. The number of rotatable bonds is 3. The fourth-order valence-electron chi connectivity index (χ4n) is 4.96. The number of piperidine rings is 2. The molecule has 0 bridgehead atoms. The van der Waals surface area contributed by atoms with E-state index in [-0.39, 0.29) is 6.09 Å². The SMILES string of the molecule is CC(C)(C)OC(=O)N1CCC(c2cccc3ncc(-c4cnn(C5CCNCC5)c4)nc23)CC1. The molecule has 2 aromatic heterocycles. The molecule has 0 spiro atoms. The first-order valence-electron chi connectivity index (χ1n) is 12.4. The highest BCUT2D eigenvalue weighted by atomic mass is 16.6. The van der Waals surface area contributed by atoms with E-state index in [1.165, 1.54) is 5.56 Å². The summed E-state index contributed by atoms with van der Waals surface area (Å²) in [6.07, 6.45) is 9.59. The monoisotopic (exact) mass is 462 g/mol. The normalized spacial score (nSPS) is 18.4. The van der Waals surface area contributed by atoms with Crippen molar-refractivity contribution in [3.8, 4) is 11.3 Å². The summed E-state index contributed by atoms with van der Waals surface area (Å²) in [5.74, 6) is 0.337. The molecule has 4 heterocycles. The molecule has 2 aliphatic heterocycles. The van der Waals surface area contributed by atoms with Gasteiger partial charge in [0.05, 0.1) is 35.2 Å². The van der Waals surface area contributed by atoms with Crippen molar-refractivity contribution in [3.05, 3.63) is 42.4 Å². The Labute approximate surface area is 200 Å². The molecular weight excluding hydrogens is 428 g/mol. The third kappa shape index (κ3) is 4.92. The van der Waals surface area contributed by atoms with Crippen LogP contribution in [0.1, 0.15) is 64.0 Å². The van der Waals surface area contributed by atoms with Gasteiger partial charge in [0, 0.05) is 24.8 Å². The molecular formula is C26H34N6O2. The van der Waals surface area contributed by atoms with Crippen molar-refractivity contribution in [3.63, 3.8) is 0 Å². The molecule has 0 saturated carbocycles. The standard InChI is InChI=1S/C26H34N6O2/c1-26(2,3)34-25(33)31-13-9-18(10-14-31)21-5-4-6-22-24(21)30-23(16-28-22)19-15-29-32(17-19)20-7-11-27-12-8-20/h4-6,15-18,20,27H,7-14H2,1-3H3. The number of hydrogen-bond donors (Lipinski definition) is 1. The van der Waals surface area contributed by atoms with Crippen molar-refractivity contribution in [2.45, 2.75) is 64.0 Å². The zero-order chi connectivity index (χ0) is 23.7. The van der Waals surface area contributed by atoms with Crippen LogP contribution >= 0.6 is 0 Å². The Morgan fingerprint density at radius 1 is 1.09 bits per heavy atom. The van der Waals surface area contributed by atoms with Crippen molar-refractivity contribution in [2.24, 2.45) is 0 Å². The number of aromatic nitrogens is 4. The van der Waals surface area contributed by atoms with E-state index in [1.807, 2.05) is 44.1 Å². The third-order valence-electron chi connectivity index (χ3n) is 6.77. The number of carbonyl (C=O) groups excluding carboxylic acids is 1. The van der Waals surface area contributed by atoms with Crippen molar-refractivity contribution in [1.82, 2.24) is 30.0 Å². The summed E-state index contributed by atoms with van der Waals surface area (Å²) < 4.78 is 7.64. The first-order chi connectivity index (χ1) is 16.4. The van der Waals surface area contributed by atoms with Crippen molar-refractivity contribution in [1.29, 1.82) is 0 Å². The van der Waals surface area contributed by atoms with Crippen LogP contribution in [0.2, 0.25) is 0 Å². The molecule has 2 saturated heterocycles. The second kappa shape index (κ2) is 9.33. The van der Waals surface area contributed by atoms with Crippen LogP contribution in [-0.2, 0) is 4.74 Å². The van der Waals surface area contributed by atoms with E-state index in [2.05, 4.69) is 33.4 Å². The Bertz CT molecular complexity index is 1150. The van der Waals surface area contributed by atoms with Crippen LogP contribution in [0.25, 0.3) is 22.3 Å². The second-order valence-corrected chi connectivity index (χ2v) is 10.4. The number of nitrogens with one attached hydrogen (secondary N) is 1. The first-order valence-corrected chi connectivity index (χ1v) is 12.4. The van der Waals surface area contributed by atoms with Gasteiger partial charge in [-0.15, -0.1) is 0 Å². The summed E-state index contributed by atoms with van der Waals surface area (Å²) in [5.41, 5.74) is 4.44. The highest BCUT2D eigenvalue weighted by Crippen LogP contribution is 2.33. The number of nitrogens with zero attached hydrogens (tertiary/aromatic N) is 5. The lowest BCUT2D eigenvalue weighted by Gasteiger charge is -2.33. The van der Waals surface area contributed by atoms with E-state index in [0.717, 1.165) is 61.1 Å². The smallest absolute Gasteiger partial charge is 0.410 e. The van der Waals surface area contributed by atoms with Crippen LogP contribution in [0, 0.1) is 0 Å².